The van der Waals surface area contributed by atoms with Crippen molar-refractivity contribution >= 4 is 5.84 Å². The summed E-state index contributed by atoms with van der Waals surface area (Å²) in [5.74, 6) is 0.140. The number of hydrazine groups is 1. The Hall–Kier alpha value is -1.63. The van der Waals surface area contributed by atoms with E-state index in [9.17, 15) is 0 Å². The van der Waals surface area contributed by atoms with Crippen molar-refractivity contribution in [2.75, 3.05) is 33.2 Å². The van der Waals surface area contributed by atoms with E-state index in [0.29, 0.717) is 0 Å². The second kappa shape index (κ2) is 6.51. The predicted octanol–water partition coefficient (Wildman–Crippen LogP) is 0.0331. The highest BCUT2D eigenvalue weighted by atomic mass is 16.4. The molecule has 6 nitrogen and oxygen atoms in total. The number of hydrogen-bond donors (Lipinski definition) is 3. The molecular formula is C13H21N5O. The van der Waals surface area contributed by atoms with Crippen LogP contribution in [-0.2, 0) is 6.54 Å². The molecule has 1 aliphatic rings. The number of benzene rings is 1. The molecule has 0 aromatic heterocycles. The zero-order valence-electron chi connectivity index (χ0n) is 11.2. The Bertz CT molecular complexity index is 440. The van der Waals surface area contributed by atoms with Gasteiger partial charge in [0.2, 0.25) is 0 Å². The zero-order valence-corrected chi connectivity index (χ0v) is 11.2. The normalized spacial score (nSPS) is 18.7. The highest BCUT2D eigenvalue weighted by Crippen LogP contribution is 2.06. The van der Waals surface area contributed by atoms with Gasteiger partial charge in [0.1, 0.15) is 0 Å². The first kappa shape index (κ1) is 13.8. The van der Waals surface area contributed by atoms with E-state index in [1.165, 1.54) is 0 Å². The summed E-state index contributed by atoms with van der Waals surface area (Å²) in [6.07, 6.45) is 0. The van der Waals surface area contributed by atoms with Crippen molar-refractivity contribution < 1.29 is 5.21 Å². The Morgan fingerprint density at radius 1 is 1.37 bits per heavy atom. The fourth-order valence-corrected chi connectivity index (χ4v) is 2.07. The third-order valence-corrected chi connectivity index (χ3v) is 3.34. The standard InChI is InChI=1S/C13H21N5O/c1-17-5-7-18(8-6-17)15-10-11-3-2-4-12(9-11)13(14)16-19/h2-4,9,15,19H,5-8,10H2,1H3,(H2,14,16). The fourth-order valence-electron chi connectivity index (χ4n) is 2.07. The van der Waals surface area contributed by atoms with Crippen molar-refractivity contribution in [1.29, 1.82) is 0 Å². The SMILES string of the molecule is CN1CCN(NCc2cccc(/C(N)=N/O)c2)CC1. The summed E-state index contributed by atoms with van der Waals surface area (Å²) >= 11 is 0. The molecule has 0 spiro atoms. The summed E-state index contributed by atoms with van der Waals surface area (Å²) in [4.78, 5) is 2.32. The van der Waals surface area contributed by atoms with Crippen LogP contribution in [0.2, 0.25) is 0 Å². The largest absolute Gasteiger partial charge is 0.409 e. The van der Waals surface area contributed by atoms with Crippen LogP contribution in [0.3, 0.4) is 0 Å². The van der Waals surface area contributed by atoms with Gasteiger partial charge >= 0.3 is 0 Å². The van der Waals surface area contributed by atoms with Crippen molar-refractivity contribution in [2.24, 2.45) is 10.9 Å². The highest BCUT2D eigenvalue weighted by Gasteiger charge is 2.12. The maximum atomic E-state index is 8.67. The van der Waals surface area contributed by atoms with Crippen LogP contribution in [0.15, 0.2) is 29.4 Å². The molecule has 1 saturated heterocycles. The number of hydrogen-bond acceptors (Lipinski definition) is 5. The summed E-state index contributed by atoms with van der Waals surface area (Å²) in [5.41, 5.74) is 10.8. The lowest BCUT2D eigenvalue weighted by Gasteiger charge is -2.32. The molecule has 4 N–H and O–H groups in total. The topological polar surface area (TPSA) is 77.1 Å². The van der Waals surface area contributed by atoms with Crippen LogP contribution >= 0.6 is 0 Å². The third kappa shape index (κ3) is 3.92. The molecule has 0 aliphatic carbocycles. The second-order valence-corrected chi connectivity index (χ2v) is 4.81. The first-order valence-electron chi connectivity index (χ1n) is 6.43. The molecule has 0 saturated carbocycles. The Kier molecular flexibility index (Phi) is 4.73. The number of nitrogens with one attached hydrogen (secondary N) is 1. The summed E-state index contributed by atoms with van der Waals surface area (Å²) in [6, 6.07) is 7.69. The van der Waals surface area contributed by atoms with Gasteiger partial charge < -0.3 is 15.8 Å². The summed E-state index contributed by atoms with van der Waals surface area (Å²) in [6.45, 7) is 4.96. The monoisotopic (exact) mass is 263 g/mol. The third-order valence-electron chi connectivity index (χ3n) is 3.34. The van der Waals surface area contributed by atoms with Crippen LogP contribution in [0.5, 0.6) is 0 Å². The van der Waals surface area contributed by atoms with Crippen LogP contribution in [0.4, 0.5) is 0 Å². The first-order chi connectivity index (χ1) is 9.19. The van der Waals surface area contributed by atoms with Crippen molar-refractivity contribution in [3.63, 3.8) is 0 Å². The van der Waals surface area contributed by atoms with E-state index >= 15 is 0 Å². The minimum Gasteiger partial charge on any atom is -0.409 e. The van der Waals surface area contributed by atoms with Crippen LogP contribution in [0.1, 0.15) is 11.1 Å². The number of oxime groups is 1. The van der Waals surface area contributed by atoms with Crippen molar-refractivity contribution in [3.8, 4) is 0 Å². The number of nitrogens with two attached hydrogens (primary N) is 1. The molecule has 0 unspecified atom stereocenters. The molecule has 1 heterocycles. The Morgan fingerprint density at radius 2 is 2.11 bits per heavy atom. The van der Waals surface area contributed by atoms with E-state index in [2.05, 4.69) is 27.5 Å². The minimum atomic E-state index is 0.140. The first-order valence-corrected chi connectivity index (χ1v) is 6.43. The molecule has 0 atom stereocenters. The lowest BCUT2D eigenvalue weighted by atomic mass is 10.1. The summed E-state index contributed by atoms with van der Waals surface area (Å²) < 4.78 is 0. The smallest absolute Gasteiger partial charge is 0.170 e. The molecule has 1 aromatic rings. The Labute approximate surface area is 113 Å². The van der Waals surface area contributed by atoms with E-state index in [0.717, 1.165) is 43.9 Å². The van der Waals surface area contributed by atoms with Gasteiger partial charge in [-0.2, -0.15) is 0 Å². The molecule has 6 heteroatoms. The van der Waals surface area contributed by atoms with Gasteiger partial charge in [0.05, 0.1) is 0 Å². The van der Waals surface area contributed by atoms with E-state index in [1.54, 1.807) is 0 Å². The van der Waals surface area contributed by atoms with Crippen LogP contribution < -0.4 is 11.2 Å². The number of piperazine rings is 1. The van der Waals surface area contributed by atoms with Crippen molar-refractivity contribution in [2.45, 2.75) is 6.54 Å². The maximum absolute atomic E-state index is 8.67. The van der Waals surface area contributed by atoms with Gasteiger partial charge in [-0.05, 0) is 18.7 Å². The summed E-state index contributed by atoms with van der Waals surface area (Å²) in [7, 11) is 2.14. The van der Waals surface area contributed by atoms with E-state index in [1.807, 2.05) is 24.3 Å². The van der Waals surface area contributed by atoms with E-state index in [-0.39, 0.29) is 5.84 Å². The molecule has 1 aliphatic heterocycles. The predicted molar refractivity (Wildman–Crippen MR) is 74.9 cm³/mol. The average molecular weight is 263 g/mol. The number of likely N-dealkylation sites (N-methyl/N-ethyl adjacent to an activating group) is 1. The maximum Gasteiger partial charge on any atom is 0.170 e. The second-order valence-electron chi connectivity index (χ2n) is 4.81. The lowest BCUT2D eigenvalue weighted by Crippen LogP contribution is -2.50. The quantitative estimate of drug-likeness (QED) is 0.309. The molecule has 104 valence electrons. The zero-order chi connectivity index (χ0) is 13.7. The molecule has 0 bridgehead atoms. The van der Waals surface area contributed by atoms with E-state index in [4.69, 9.17) is 10.9 Å². The van der Waals surface area contributed by atoms with Crippen molar-refractivity contribution in [1.82, 2.24) is 15.3 Å². The lowest BCUT2D eigenvalue weighted by molar-refractivity contribution is 0.102. The van der Waals surface area contributed by atoms with Gasteiger partial charge in [-0.1, -0.05) is 23.4 Å². The molecule has 0 radical (unpaired) electrons. The van der Waals surface area contributed by atoms with Gasteiger partial charge in [-0.15, -0.1) is 0 Å². The van der Waals surface area contributed by atoms with Crippen LogP contribution in [0, 0.1) is 0 Å². The van der Waals surface area contributed by atoms with Crippen LogP contribution in [0.25, 0.3) is 0 Å². The molecule has 1 aromatic carbocycles. The number of rotatable bonds is 4. The van der Waals surface area contributed by atoms with Gasteiger partial charge in [0.15, 0.2) is 5.84 Å². The Morgan fingerprint density at radius 3 is 2.79 bits per heavy atom. The van der Waals surface area contributed by atoms with Crippen molar-refractivity contribution in [3.05, 3.63) is 35.4 Å². The number of amidine groups is 1. The minimum absolute atomic E-state index is 0.140. The molecule has 0 amide bonds. The highest BCUT2D eigenvalue weighted by molar-refractivity contribution is 5.97. The molecule has 2 rings (SSSR count). The van der Waals surface area contributed by atoms with Gasteiger partial charge in [0, 0.05) is 38.3 Å². The molecule has 1 fully saturated rings. The van der Waals surface area contributed by atoms with Gasteiger partial charge in [0.25, 0.3) is 0 Å². The molecule has 19 heavy (non-hydrogen) atoms. The average Bonchev–Trinajstić information content (AvgIpc) is 2.46. The Balaban J connectivity index is 1.89. The van der Waals surface area contributed by atoms with Crippen LogP contribution in [-0.4, -0.2) is 54.2 Å². The van der Waals surface area contributed by atoms with Gasteiger partial charge in [-0.25, -0.2) is 5.01 Å². The van der Waals surface area contributed by atoms with Gasteiger partial charge in [-0.3, -0.25) is 5.43 Å². The number of nitrogens with zero attached hydrogens (tertiary/aromatic N) is 3. The fraction of sp³-hybridized carbons (Fsp3) is 0.462. The van der Waals surface area contributed by atoms with E-state index < -0.39 is 0 Å². The summed E-state index contributed by atoms with van der Waals surface area (Å²) in [5, 5.41) is 13.9. The molecular weight excluding hydrogens is 242 g/mol.